The van der Waals surface area contributed by atoms with Crippen LogP contribution in [0.15, 0.2) is 53.4 Å². The lowest BCUT2D eigenvalue weighted by Crippen LogP contribution is -2.24. The van der Waals surface area contributed by atoms with Crippen molar-refractivity contribution in [2.75, 3.05) is 11.9 Å². The third kappa shape index (κ3) is 6.43. The van der Waals surface area contributed by atoms with E-state index >= 15 is 0 Å². The maximum Gasteiger partial charge on any atom is 0.319 e. The summed E-state index contributed by atoms with van der Waals surface area (Å²) in [5.41, 5.74) is 1.45. The fourth-order valence-corrected chi connectivity index (χ4v) is 3.01. The molecule has 1 atom stereocenters. The number of carbonyl (C=O) groups excluding carboxylic acids is 2. The quantitative estimate of drug-likeness (QED) is 0.571. The van der Waals surface area contributed by atoms with E-state index in [0.717, 1.165) is 10.5 Å². The zero-order valence-electron chi connectivity index (χ0n) is 14.1. The van der Waals surface area contributed by atoms with Crippen molar-refractivity contribution in [1.29, 1.82) is 5.26 Å². The van der Waals surface area contributed by atoms with Crippen LogP contribution >= 0.6 is 23.4 Å². The van der Waals surface area contributed by atoms with E-state index in [1.807, 2.05) is 12.1 Å². The highest BCUT2D eigenvalue weighted by Gasteiger charge is 2.17. The molecule has 0 saturated heterocycles. The van der Waals surface area contributed by atoms with Crippen molar-refractivity contribution < 1.29 is 14.3 Å². The van der Waals surface area contributed by atoms with E-state index in [9.17, 15) is 9.59 Å². The maximum absolute atomic E-state index is 12.0. The number of halogens is 1. The minimum absolute atomic E-state index is 0.314. The topological polar surface area (TPSA) is 79.2 Å². The van der Waals surface area contributed by atoms with Gasteiger partial charge in [0.05, 0.1) is 12.5 Å². The Morgan fingerprint density at radius 1 is 1.19 bits per heavy atom. The van der Waals surface area contributed by atoms with E-state index in [1.165, 1.54) is 11.8 Å². The molecule has 26 heavy (non-hydrogen) atoms. The molecule has 2 aromatic carbocycles. The van der Waals surface area contributed by atoms with Gasteiger partial charge in [-0.05, 0) is 48.9 Å². The Hall–Kier alpha value is -2.49. The number of nitriles is 1. The number of carbonyl (C=O) groups is 2. The molecular weight excluding hydrogens is 372 g/mol. The molecule has 2 aromatic rings. The SMILES string of the molecule is C[C@H](Sc1ccc(Cl)cc1)C(=O)OCC(=O)Nc1ccc(CC#N)cc1. The van der Waals surface area contributed by atoms with Crippen LogP contribution in [0.3, 0.4) is 0 Å². The summed E-state index contributed by atoms with van der Waals surface area (Å²) in [6.45, 7) is 1.36. The second-order valence-electron chi connectivity index (χ2n) is 5.40. The number of esters is 1. The molecule has 0 unspecified atom stereocenters. The Labute approximate surface area is 161 Å². The molecule has 1 N–H and O–H groups in total. The Balaban J connectivity index is 1.77. The van der Waals surface area contributed by atoms with Crippen molar-refractivity contribution in [2.45, 2.75) is 23.5 Å². The number of hydrogen-bond acceptors (Lipinski definition) is 5. The lowest BCUT2D eigenvalue weighted by atomic mass is 10.1. The van der Waals surface area contributed by atoms with Crippen LogP contribution in [0.5, 0.6) is 0 Å². The average Bonchev–Trinajstić information content (AvgIpc) is 2.63. The highest BCUT2D eigenvalue weighted by molar-refractivity contribution is 8.00. The van der Waals surface area contributed by atoms with Gasteiger partial charge in [-0.3, -0.25) is 9.59 Å². The van der Waals surface area contributed by atoms with Gasteiger partial charge in [-0.2, -0.15) is 5.26 Å². The van der Waals surface area contributed by atoms with Crippen LogP contribution in [-0.4, -0.2) is 23.7 Å². The molecule has 0 aromatic heterocycles. The van der Waals surface area contributed by atoms with Crippen LogP contribution in [0.4, 0.5) is 5.69 Å². The van der Waals surface area contributed by atoms with E-state index in [4.69, 9.17) is 21.6 Å². The molecule has 0 aliphatic carbocycles. The summed E-state index contributed by atoms with van der Waals surface area (Å²) in [5.74, 6) is -0.889. The van der Waals surface area contributed by atoms with Crippen molar-refractivity contribution in [3.8, 4) is 6.07 Å². The normalized spacial score (nSPS) is 11.3. The largest absolute Gasteiger partial charge is 0.455 e. The number of rotatable bonds is 7. The zero-order chi connectivity index (χ0) is 18.9. The van der Waals surface area contributed by atoms with Crippen LogP contribution in [-0.2, 0) is 20.7 Å². The van der Waals surface area contributed by atoms with Crippen LogP contribution in [0.25, 0.3) is 0 Å². The van der Waals surface area contributed by atoms with Gasteiger partial charge in [-0.25, -0.2) is 0 Å². The molecule has 0 aliphatic rings. The number of anilines is 1. The molecule has 2 rings (SSSR count). The summed E-state index contributed by atoms with van der Waals surface area (Å²) < 4.78 is 5.06. The van der Waals surface area contributed by atoms with Gasteiger partial charge in [0.1, 0.15) is 5.25 Å². The maximum atomic E-state index is 12.0. The van der Waals surface area contributed by atoms with Gasteiger partial charge in [-0.1, -0.05) is 23.7 Å². The second kappa shape index (κ2) is 9.85. The highest BCUT2D eigenvalue weighted by atomic mass is 35.5. The molecule has 0 heterocycles. The molecular formula is C19H17ClN2O3S. The zero-order valence-corrected chi connectivity index (χ0v) is 15.6. The van der Waals surface area contributed by atoms with Gasteiger partial charge in [0.25, 0.3) is 5.91 Å². The molecule has 0 spiro atoms. The molecule has 0 fully saturated rings. The Morgan fingerprint density at radius 3 is 2.46 bits per heavy atom. The minimum atomic E-state index is -0.468. The first-order chi connectivity index (χ1) is 12.5. The smallest absolute Gasteiger partial charge is 0.319 e. The molecule has 0 aliphatic heterocycles. The number of nitrogens with zero attached hydrogens (tertiary/aromatic N) is 1. The molecule has 5 nitrogen and oxygen atoms in total. The van der Waals surface area contributed by atoms with Crippen molar-refractivity contribution in [1.82, 2.24) is 0 Å². The van der Waals surface area contributed by atoms with Crippen LogP contribution < -0.4 is 5.32 Å². The summed E-state index contributed by atoms with van der Waals surface area (Å²) in [7, 11) is 0. The van der Waals surface area contributed by atoms with Crippen molar-refractivity contribution in [3.05, 3.63) is 59.1 Å². The minimum Gasteiger partial charge on any atom is -0.455 e. The van der Waals surface area contributed by atoms with Gasteiger partial charge in [-0.15, -0.1) is 11.8 Å². The van der Waals surface area contributed by atoms with Crippen LogP contribution in [0.2, 0.25) is 5.02 Å². The number of nitrogens with one attached hydrogen (secondary N) is 1. The number of amides is 1. The summed E-state index contributed by atoms with van der Waals surface area (Å²) in [6, 6.07) is 16.1. The van der Waals surface area contributed by atoms with Gasteiger partial charge in [0, 0.05) is 15.6 Å². The molecule has 0 radical (unpaired) electrons. The average molecular weight is 389 g/mol. The van der Waals surface area contributed by atoms with E-state index in [0.29, 0.717) is 17.1 Å². The van der Waals surface area contributed by atoms with E-state index in [-0.39, 0.29) is 6.61 Å². The van der Waals surface area contributed by atoms with Crippen molar-refractivity contribution in [2.24, 2.45) is 0 Å². The summed E-state index contributed by atoms with van der Waals surface area (Å²) in [6.07, 6.45) is 0.314. The Morgan fingerprint density at radius 2 is 1.85 bits per heavy atom. The van der Waals surface area contributed by atoms with Crippen LogP contribution in [0.1, 0.15) is 12.5 Å². The molecule has 0 saturated carbocycles. The third-order valence-electron chi connectivity index (χ3n) is 3.32. The Kier molecular flexibility index (Phi) is 7.52. The van der Waals surface area contributed by atoms with Crippen molar-refractivity contribution >= 4 is 40.9 Å². The predicted octanol–water partition coefficient (Wildman–Crippen LogP) is 4.07. The fraction of sp³-hybridized carbons (Fsp3) is 0.211. The van der Waals surface area contributed by atoms with Gasteiger partial charge < -0.3 is 10.1 Å². The standard InChI is InChI=1S/C19H17ClN2O3S/c1-13(26-17-8-4-15(20)5-9-17)19(24)25-12-18(23)22-16-6-2-14(3-7-16)10-11-21/h2-9,13H,10,12H2,1H3,(H,22,23)/t13-/m0/s1. The molecule has 0 bridgehead atoms. The summed E-state index contributed by atoms with van der Waals surface area (Å²) in [4.78, 5) is 24.8. The summed E-state index contributed by atoms with van der Waals surface area (Å²) >= 11 is 7.16. The number of ether oxygens (including phenoxy) is 1. The van der Waals surface area contributed by atoms with Gasteiger partial charge in [0.15, 0.2) is 6.61 Å². The first-order valence-electron chi connectivity index (χ1n) is 7.82. The molecule has 134 valence electrons. The van der Waals surface area contributed by atoms with E-state index in [2.05, 4.69) is 11.4 Å². The number of benzene rings is 2. The highest BCUT2D eigenvalue weighted by Crippen LogP contribution is 2.25. The number of thioether (sulfide) groups is 1. The van der Waals surface area contributed by atoms with Gasteiger partial charge >= 0.3 is 5.97 Å². The van der Waals surface area contributed by atoms with Gasteiger partial charge in [0.2, 0.25) is 0 Å². The first-order valence-corrected chi connectivity index (χ1v) is 9.08. The van der Waals surface area contributed by atoms with Crippen molar-refractivity contribution in [3.63, 3.8) is 0 Å². The first kappa shape index (κ1) is 19.8. The predicted molar refractivity (Wildman–Crippen MR) is 102 cm³/mol. The monoisotopic (exact) mass is 388 g/mol. The summed E-state index contributed by atoms with van der Waals surface area (Å²) in [5, 5.41) is 11.4. The lowest BCUT2D eigenvalue weighted by molar-refractivity contribution is -0.146. The lowest BCUT2D eigenvalue weighted by Gasteiger charge is -2.11. The molecule has 1 amide bonds. The second-order valence-corrected chi connectivity index (χ2v) is 7.25. The van der Waals surface area contributed by atoms with Crippen LogP contribution in [0, 0.1) is 11.3 Å². The molecule has 7 heteroatoms. The fourth-order valence-electron chi connectivity index (χ4n) is 2.01. The van der Waals surface area contributed by atoms with E-state index < -0.39 is 17.1 Å². The van der Waals surface area contributed by atoms with E-state index in [1.54, 1.807) is 43.3 Å². The Bertz CT molecular complexity index is 801. The number of hydrogen-bond donors (Lipinski definition) is 1. The third-order valence-corrected chi connectivity index (χ3v) is 4.67.